The van der Waals surface area contributed by atoms with Gasteiger partial charge in [0.25, 0.3) is 23.6 Å². The molecule has 6 aliphatic heterocycles. The molecule has 34 nitrogen and oxygen atoms in total. The first-order chi connectivity index (χ1) is 48.9. The van der Waals surface area contributed by atoms with E-state index in [1.54, 1.807) is 20.8 Å². The van der Waals surface area contributed by atoms with Crippen LogP contribution < -0.4 is 44.1 Å². The van der Waals surface area contributed by atoms with Gasteiger partial charge in [0.1, 0.15) is 67.4 Å². The van der Waals surface area contributed by atoms with E-state index in [2.05, 4.69) is 23.8 Å². The van der Waals surface area contributed by atoms with E-state index in [4.69, 9.17) is 47.4 Å². The van der Waals surface area contributed by atoms with Gasteiger partial charge < -0.3 is 124 Å². The molecule has 13 N–H and O–H groups in total. The van der Waals surface area contributed by atoms with E-state index in [1.807, 2.05) is 0 Å². The third kappa shape index (κ3) is 16.5. The molecule has 558 valence electrons. The minimum absolute atomic E-state index is 0.0121. The summed E-state index contributed by atoms with van der Waals surface area (Å²) in [5.74, 6) is -5.28. The number of rotatable bonds is 24. The molecule has 34 heteroatoms. The van der Waals surface area contributed by atoms with Gasteiger partial charge in [0.2, 0.25) is 12.6 Å². The van der Waals surface area contributed by atoms with Crippen molar-refractivity contribution in [2.24, 2.45) is 0 Å². The monoisotopic (exact) mass is 1440 g/mol. The third-order valence-electron chi connectivity index (χ3n) is 17.9. The van der Waals surface area contributed by atoms with E-state index in [9.17, 15) is 89.7 Å². The molecule has 4 aromatic rings. The van der Waals surface area contributed by atoms with Crippen LogP contribution in [-0.4, -0.2) is 260 Å². The van der Waals surface area contributed by atoms with E-state index in [0.29, 0.717) is 30.4 Å². The zero-order chi connectivity index (χ0) is 74.6. The van der Waals surface area contributed by atoms with Crippen molar-refractivity contribution in [3.05, 3.63) is 118 Å². The highest BCUT2D eigenvalue weighted by molar-refractivity contribution is 6.07. The van der Waals surface area contributed by atoms with Crippen molar-refractivity contribution in [1.82, 2.24) is 20.4 Å². The molecule has 14 atom stereocenters. The Bertz CT molecular complexity index is 3880. The van der Waals surface area contributed by atoms with Crippen LogP contribution in [0.5, 0.6) is 34.5 Å². The summed E-state index contributed by atoms with van der Waals surface area (Å²) < 4.78 is 57.0. The Morgan fingerprint density at radius 1 is 0.592 bits per heavy atom. The molecule has 0 spiro atoms. The highest BCUT2D eigenvalue weighted by atomic mass is 16.7. The normalized spacial score (nSPS) is 26.0. The van der Waals surface area contributed by atoms with Crippen LogP contribution >= 0.6 is 0 Å². The van der Waals surface area contributed by atoms with Gasteiger partial charge in [0.05, 0.1) is 79.2 Å². The molecule has 6 amide bonds. The number of carboxylic acid groups (broad SMARTS) is 1. The van der Waals surface area contributed by atoms with Crippen molar-refractivity contribution in [2.75, 3.05) is 70.1 Å². The summed E-state index contributed by atoms with van der Waals surface area (Å²) in [4.78, 5) is 101. The first-order valence-electron chi connectivity index (χ1n) is 32.9. The number of nitrogens with one attached hydrogen (secondary N) is 2. The number of carboxylic acids is 1. The van der Waals surface area contributed by atoms with Crippen LogP contribution in [0.25, 0.3) is 0 Å². The van der Waals surface area contributed by atoms with Crippen molar-refractivity contribution >= 4 is 53.2 Å². The number of anilines is 2. The Balaban J connectivity index is 0.816. The number of nitrogens with zero attached hydrogens (tertiary/aromatic N) is 4. The summed E-state index contributed by atoms with van der Waals surface area (Å²) in [6.07, 6.45) is -22.7. The number of benzene rings is 4. The van der Waals surface area contributed by atoms with Crippen molar-refractivity contribution in [3.63, 3.8) is 0 Å². The smallest absolute Gasteiger partial charge is 0.416 e. The Labute approximate surface area is 589 Å². The zero-order valence-electron chi connectivity index (χ0n) is 56.8. The summed E-state index contributed by atoms with van der Waals surface area (Å²) in [7, 11) is 2.76. The maximum atomic E-state index is 14.5. The fourth-order valence-corrected chi connectivity index (χ4v) is 12.6. The molecule has 103 heavy (non-hydrogen) atoms. The number of carbonyl (C=O) groups excluding carboxylic acids is 6. The van der Waals surface area contributed by atoms with Gasteiger partial charge in [-0.3, -0.25) is 19.2 Å². The van der Waals surface area contributed by atoms with Gasteiger partial charge in [-0.25, -0.2) is 24.2 Å². The van der Waals surface area contributed by atoms with Gasteiger partial charge in [-0.05, 0) is 100 Å². The number of methoxy groups -OCH3 is 2. The maximum Gasteiger partial charge on any atom is 0.416 e. The summed E-state index contributed by atoms with van der Waals surface area (Å²) in [5, 5.41) is 123. The highest BCUT2D eigenvalue weighted by Gasteiger charge is 2.51. The van der Waals surface area contributed by atoms with E-state index in [1.165, 1.54) is 78.6 Å². The Kier molecular flexibility index (Phi) is 23.7. The number of carbonyl (C=O) groups is 7. The number of unbranched alkanes of at least 4 members (excludes halogenated alkanes) is 2. The minimum Gasteiger partial charge on any atom is -0.504 e. The van der Waals surface area contributed by atoms with Gasteiger partial charge in [-0.15, -0.1) is 0 Å². The van der Waals surface area contributed by atoms with Crippen LogP contribution in [0.2, 0.25) is 0 Å². The topological polar surface area (TPSA) is 471 Å². The summed E-state index contributed by atoms with van der Waals surface area (Å²) in [6.45, 7) is 11.4. The third-order valence-corrected chi connectivity index (χ3v) is 17.9. The van der Waals surface area contributed by atoms with Crippen LogP contribution in [-0.2, 0) is 41.7 Å². The zero-order valence-corrected chi connectivity index (χ0v) is 56.8. The lowest BCUT2D eigenvalue weighted by Crippen LogP contribution is -2.61. The van der Waals surface area contributed by atoms with E-state index in [0.717, 1.165) is 15.9 Å². The fourth-order valence-electron chi connectivity index (χ4n) is 12.6. The van der Waals surface area contributed by atoms with Crippen LogP contribution in [0, 0.1) is 0 Å². The predicted molar refractivity (Wildman–Crippen MR) is 354 cm³/mol. The molecule has 6 heterocycles. The van der Waals surface area contributed by atoms with E-state index in [-0.39, 0.29) is 126 Å². The van der Waals surface area contributed by atoms with Gasteiger partial charge in [0.15, 0.2) is 41.6 Å². The quantitative estimate of drug-likeness (QED) is 0.0342. The SMILES string of the molecule is C=C1C[C@H]2C(O)N(C(=O)OCc3ccc(O[C@@H]4O[C@H](CO)[C@H](O)[C@H](O)[C@H]4O)c(C(=O)NCCOC)c3)c3cc(OCCCCCOc4cc5c(cc4OC)C(=O)N4CC(=C)C[C@H]4C(O)N5C(=O)OCc4ccc(O[C@@H]5O[C@H](C(=O)O)[C@@H](O)[C@H](O)[C@H]5O)c(C(=O)NC(C)(C)C)c4)c(O)cc3C(=O)N2C1. The molecule has 10 rings (SSSR count). The second kappa shape index (κ2) is 32.1. The molecule has 4 aromatic carbocycles. The van der Waals surface area contributed by atoms with E-state index < -0.39 is 159 Å². The summed E-state index contributed by atoms with van der Waals surface area (Å²) >= 11 is 0. The van der Waals surface area contributed by atoms with Crippen LogP contribution in [0.3, 0.4) is 0 Å². The predicted octanol–water partition coefficient (Wildman–Crippen LogP) is 0.875. The molecule has 0 saturated carbocycles. The number of ether oxygens (including phenoxy) is 10. The second-order valence-corrected chi connectivity index (χ2v) is 26.5. The molecule has 0 aromatic heterocycles. The van der Waals surface area contributed by atoms with Crippen LogP contribution in [0.15, 0.2) is 85.0 Å². The van der Waals surface area contributed by atoms with Crippen molar-refractivity contribution < 1.29 is 137 Å². The molecule has 6 aliphatic rings. The molecule has 0 bridgehead atoms. The number of hydrogen-bond donors (Lipinski definition) is 13. The maximum absolute atomic E-state index is 14.5. The Hall–Kier alpha value is -9.43. The average Bonchev–Trinajstić information content (AvgIpc) is 1.62. The number of aliphatic hydroxyl groups excluding tert-OH is 9. The first-order valence-corrected chi connectivity index (χ1v) is 32.9. The first kappa shape index (κ1) is 76.2. The Morgan fingerprint density at radius 3 is 1.59 bits per heavy atom. The van der Waals surface area contributed by atoms with Gasteiger partial charge in [0, 0.05) is 44.4 Å². The number of amides is 6. The number of aromatic hydroxyl groups is 1. The van der Waals surface area contributed by atoms with Crippen LogP contribution in [0.1, 0.15) is 105 Å². The van der Waals surface area contributed by atoms with Crippen molar-refractivity contribution in [3.8, 4) is 34.5 Å². The number of phenolic OH excluding ortho intramolecular Hbond substituents is 1. The van der Waals surface area contributed by atoms with Crippen molar-refractivity contribution in [2.45, 2.75) is 158 Å². The summed E-state index contributed by atoms with van der Waals surface area (Å²) in [5.41, 5.74) is -0.190. The lowest BCUT2D eigenvalue weighted by atomic mass is 9.99. The van der Waals surface area contributed by atoms with E-state index >= 15 is 0 Å². The molecule has 4 saturated heterocycles. The van der Waals surface area contributed by atoms with Gasteiger partial charge >= 0.3 is 18.2 Å². The lowest BCUT2D eigenvalue weighted by molar-refractivity contribution is -0.277. The average molecular weight is 1450 g/mol. The van der Waals surface area contributed by atoms with Crippen molar-refractivity contribution in [1.29, 1.82) is 0 Å². The molecule has 4 fully saturated rings. The number of aliphatic carboxylic acids is 1. The summed E-state index contributed by atoms with van der Waals surface area (Å²) in [6, 6.07) is 10.9. The number of aliphatic hydroxyl groups is 9. The van der Waals surface area contributed by atoms with Gasteiger partial charge in [-0.1, -0.05) is 36.4 Å². The molecular weight excluding hydrogens is 1360 g/mol. The molecule has 2 unspecified atom stereocenters. The minimum atomic E-state index is -2.02. The highest BCUT2D eigenvalue weighted by Crippen LogP contribution is 2.45. The standard InChI is InChI=1S/C69H84N6O28/c1-32-19-42-62(88)74(67(92)98-30-34-11-13-45(38(21-34)58(84)70-15-18-94-6)100-65-55(82)52(79)51(78)50(29-76)102-65)40-25-47(44(77)23-36(40)60(86)72(42)27-32)96-16-9-8-10-17-97-49-26-41-37(24-48(49)95-7)61(87)73-28-33(2)20-43(73)63(89)75(41)68(93)99-31-35-12-14-46(39(22-35)59(85)71-69(3,4)5)101-66-56(83)53(80)54(81)57(103-66)64(90)91/h11-14,21-26,42-43,50-57,62-63,65-66,76-83,88-89H,1-2,8-10,15-20,27-31H2,3-7H3,(H,70,84)(H,71,85)(H,90,91)/t42-,43-,50+,51-,52-,53-,54-,55+,56+,57-,62?,63?,65+,66+/m0/s1. The number of fused-ring (bicyclic) bond motifs is 4. The molecule has 0 aliphatic carbocycles. The largest absolute Gasteiger partial charge is 0.504 e. The molecular formula is C69H84N6O28. The Morgan fingerprint density at radius 2 is 1.09 bits per heavy atom. The van der Waals surface area contributed by atoms with Gasteiger partial charge in [-0.2, -0.15) is 0 Å². The fraction of sp³-hybridized carbons (Fsp3) is 0.493. The number of hydrogen-bond acceptors (Lipinski definition) is 27. The second-order valence-electron chi connectivity index (χ2n) is 26.5. The lowest BCUT2D eigenvalue weighted by Gasteiger charge is -2.39. The molecule has 0 radical (unpaired) electrons. The van der Waals surface area contributed by atoms with Crippen LogP contribution in [0.4, 0.5) is 21.0 Å². The number of phenols is 1.